The van der Waals surface area contributed by atoms with Gasteiger partial charge in [-0.15, -0.1) is 0 Å². The molecule has 0 heterocycles. The van der Waals surface area contributed by atoms with E-state index in [1.807, 2.05) is 18.2 Å². The topological polar surface area (TPSA) is 108 Å². The predicted octanol–water partition coefficient (Wildman–Crippen LogP) is 4.98. The summed E-state index contributed by atoms with van der Waals surface area (Å²) in [5, 5.41) is 15.3. The standard InChI is InChI=1S/C30H41N3O5/c1-7-9-10-18-31-27(35)26(23-13-11-12-21(8-2)19-23)33(6)28(36)25(32-29(37)38-30(3,4)5)20-22-14-16-24(34)17-15-22/h8,11-17,19,25-26,34H,2,7,9-10,18,20H2,1,3-6H3,(H,31,35)(H,32,37). The molecule has 8 nitrogen and oxygen atoms in total. The smallest absolute Gasteiger partial charge is 0.408 e. The van der Waals surface area contributed by atoms with E-state index in [0.717, 1.165) is 30.4 Å². The highest BCUT2D eigenvalue weighted by Gasteiger charge is 2.34. The van der Waals surface area contributed by atoms with Gasteiger partial charge in [-0.3, -0.25) is 9.59 Å². The van der Waals surface area contributed by atoms with E-state index < -0.39 is 29.7 Å². The zero-order valence-electron chi connectivity index (χ0n) is 23.1. The minimum absolute atomic E-state index is 0.0933. The number of phenols is 1. The molecular formula is C30H41N3O5. The van der Waals surface area contributed by atoms with Crippen LogP contribution in [0.1, 0.15) is 69.7 Å². The van der Waals surface area contributed by atoms with Gasteiger partial charge in [0.05, 0.1) is 0 Å². The van der Waals surface area contributed by atoms with Crippen LogP contribution in [0.4, 0.5) is 4.79 Å². The van der Waals surface area contributed by atoms with Crippen molar-refractivity contribution in [3.8, 4) is 5.75 Å². The van der Waals surface area contributed by atoms with Gasteiger partial charge in [-0.1, -0.05) is 62.8 Å². The van der Waals surface area contributed by atoms with Gasteiger partial charge in [0.2, 0.25) is 11.8 Å². The van der Waals surface area contributed by atoms with E-state index in [0.29, 0.717) is 12.1 Å². The minimum Gasteiger partial charge on any atom is -0.508 e. The van der Waals surface area contributed by atoms with Crippen molar-refractivity contribution in [3.63, 3.8) is 0 Å². The molecule has 2 aromatic rings. The van der Waals surface area contributed by atoms with Gasteiger partial charge in [-0.2, -0.15) is 0 Å². The summed E-state index contributed by atoms with van der Waals surface area (Å²) < 4.78 is 5.40. The number of likely N-dealkylation sites (N-methyl/N-ethyl adjacent to an activating group) is 1. The summed E-state index contributed by atoms with van der Waals surface area (Å²) in [6, 6.07) is 11.7. The summed E-state index contributed by atoms with van der Waals surface area (Å²) in [5.41, 5.74) is 1.42. The van der Waals surface area contributed by atoms with Crippen molar-refractivity contribution >= 4 is 24.0 Å². The third kappa shape index (κ3) is 9.57. The van der Waals surface area contributed by atoms with Crippen molar-refractivity contribution in [2.75, 3.05) is 13.6 Å². The Bertz CT molecular complexity index is 1090. The average molecular weight is 524 g/mol. The van der Waals surface area contributed by atoms with Crippen LogP contribution in [0, 0.1) is 0 Å². The second kappa shape index (κ2) is 14.2. The molecular weight excluding hydrogens is 482 g/mol. The van der Waals surface area contributed by atoms with Crippen molar-refractivity contribution in [2.24, 2.45) is 0 Å². The monoisotopic (exact) mass is 523 g/mol. The molecule has 2 rings (SSSR count). The molecule has 0 spiro atoms. The highest BCUT2D eigenvalue weighted by atomic mass is 16.6. The van der Waals surface area contributed by atoms with Crippen molar-refractivity contribution in [1.29, 1.82) is 0 Å². The molecule has 0 saturated heterocycles. The van der Waals surface area contributed by atoms with Crippen molar-refractivity contribution in [3.05, 3.63) is 71.8 Å². The fourth-order valence-corrected chi connectivity index (χ4v) is 3.98. The van der Waals surface area contributed by atoms with Crippen LogP contribution in [0.15, 0.2) is 55.1 Å². The lowest BCUT2D eigenvalue weighted by molar-refractivity contribution is -0.140. The molecule has 2 aromatic carbocycles. The molecule has 0 aliphatic rings. The highest BCUT2D eigenvalue weighted by Crippen LogP contribution is 2.23. The third-order valence-electron chi connectivity index (χ3n) is 5.89. The lowest BCUT2D eigenvalue weighted by Crippen LogP contribution is -2.52. The largest absolute Gasteiger partial charge is 0.508 e. The van der Waals surface area contributed by atoms with E-state index in [9.17, 15) is 19.5 Å². The molecule has 0 aromatic heterocycles. The SMILES string of the molecule is C=Cc1cccc(C(C(=O)NCCCCC)N(C)C(=O)C(Cc2ccc(O)cc2)NC(=O)OC(C)(C)C)c1. The van der Waals surface area contributed by atoms with Crippen LogP contribution in [0.2, 0.25) is 0 Å². The quantitative estimate of drug-likeness (QED) is 0.340. The normalized spacial score (nSPS) is 12.7. The molecule has 3 amide bonds. The van der Waals surface area contributed by atoms with Gasteiger partial charge in [-0.25, -0.2) is 4.79 Å². The molecule has 0 radical (unpaired) electrons. The average Bonchev–Trinajstić information content (AvgIpc) is 2.86. The number of nitrogens with zero attached hydrogens (tertiary/aromatic N) is 1. The van der Waals surface area contributed by atoms with E-state index in [1.54, 1.807) is 52.1 Å². The van der Waals surface area contributed by atoms with Gasteiger partial charge >= 0.3 is 6.09 Å². The maximum atomic E-state index is 13.9. The maximum absolute atomic E-state index is 13.9. The molecule has 2 atom stereocenters. The van der Waals surface area contributed by atoms with Gasteiger partial charge in [0, 0.05) is 20.0 Å². The number of rotatable bonds is 12. The predicted molar refractivity (Wildman–Crippen MR) is 150 cm³/mol. The number of benzene rings is 2. The number of hydrogen-bond acceptors (Lipinski definition) is 5. The fourth-order valence-electron chi connectivity index (χ4n) is 3.98. The number of alkyl carbamates (subject to hydrolysis) is 1. The summed E-state index contributed by atoms with van der Waals surface area (Å²) >= 11 is 0. The van der Waals surface area contributed by atoms with Crippen LogP contribution in [0.3, 0.4) is 0 Å². The summed E-state index contributed by atoms with van der Waals surface area (Å²) in [6.07, 6.45) is 3.93. The van der Waals surface area contributed by atoms with Crippen LogP contribution < -0.4 is 10.6 Å². The van der Waals surface area contributed by atoms with E-state index in [4.69, 9.17) is 4.74 Å². The first-order chi connectivity index (χ1) is 17.9. The van der Waals surface area contributed by atoms with Gasteiger partial charge in [0.15, 0.2) is 0 Å². The number of carbonyl (C=O) groups excluding carboxylic acids is 3. The van der Waals surface area contributed by atoms with Crippen molar-refractivity contribution in [1.82, 2.24) is 15.5 Å². The number of nitrogens with one attached hydrogen (secondary N) is 2. The van der Waals surface area contributed by atoms with E-state index in [1.165, 1.54) is 17.0 Å². The van der Waals surface area contributed by atoms with Crippen LogP contribution in [0.5, 0.6) is 5.75 Å². The molecule has 0 fully saturated rings. The van der Waals surface area contributed by atoms with Crippen LogP contribution in [0.25, 0.3) is 6.08 Å². The first kappa shape index (κ1) is 30.4. The van der Waals surface area contributed by atoms with Crippen molar-refractivity contribution in [2.45, 2.75) is 71.1 Å². The number of aromatic hydroxyl groups is 1. The number of hydrogen-bond donors (Lipinski definition) is 3. The summed E-state index contributed by atoms with van der Waals surface area (Å²) in [5.74, 6) is -0.670. The fraction of sp³-hybridized carbons (Fsp3) is 0.433. The molecule has 206 valence electrons. The molecule has 2 unspecified atom stereocenters. The number of phenolic OH excluding ortho intramolecular Hbond substituents is 1. The number of unbranched alkanes of at least 4 members (excludes halogenated alkanes) is 2. The second-order valence-corrected chi connectivity index (χ2v) is 10.3. The van der Waals surface area contributed by atoms with Gasteiger partial charge in [0.25, 0.3) is 0 Å². The Morgan fingerprint density at radius 1 is 1.11 bits per heavy atom. The van der Waals surface area contributed by atoms with E-state index in [2.05, 4.69) is 24.1 Å². The number of ether oxygens (including phenoxy) is 1. The van der Waals surface area contributed by atoms with E-state index in [-0.39, 0.29) is 18.1 Å². The first-order valence-electron chi connectivity index (χ1n) is 13.0. The Morgan fingerprint density at radius 2 is 1.79 bits per heavy atom. The van der Waals surface area contributed by atoms with Gasteiger partial charge in [-0.05, 0) is 62.1 Å². The maximum Gasteiger partial charge on any atom is 0.408 e. The molecule has 8 heteroatoms. The first-order valence-corrected chi connectivity index (χ1v) is 13.0. The highest BCUT2D eigenvalue weighted by molar-refractivity contribution is 5.92. The zero-order valence-corrected chi connectivity index (χ0v) is 23.1. The lowest BCUT2D eigenvalue weighted by atomic mass is 9.99. The Kier molecular flexibility index (Phi) is 11.4. The Labute approximate surface area is 226 Å². The lowest BCUT2D eigenvalue weighted by Gasteiger charge is -2.32. The summed E-state index contributed by atoms with van der Waals surface area (Å²) in [6.45, 7) is 11.6. The minimum atomic E-state index is -1.02. The molecule has 38 heavy (non-hydrogen) atoms. The Balaban J connectivity index is 2.39. The molecule has 0 bridgehead atoms. The van der Waals surface area contributed by atoms with Crippen molar-refractivity contribution < 1.29 is 24.2 Å². The molecule has 0 aliphatic heterocycles. The Hall–Kier alpha value is -3.81. The zero-order chi connectivity index (χ0) is 28.3. The number of amides is 3. The molecule has 0 aliphatic carbocycles. The van der Waals surface area contributed by atoms with E-state index >= 15 is 0 Å². The summed E-state index contributed by atoms with van der Waals surface area (Å²) in [4.78, 5) is 41.3. The Morgan fingerprint density at radius 3 is 2.39 bits per heavy atom. The van der Waals surface area contributed by atoms with Crippen LogP contribution >= 0.6 is 0 Å². The summed E-state index contributed by atoms with van der Waals surface area (Å²) in [7, 11) is 1.56. The van der Waals surface area contributed by atoms with Crippen LogP contribution in [-0.4, -0.2) is 53.1 Å². The third-order valence-corrected chi connectivity index (χ3v) is 5.89. The molecule has 3 N–H and O–H groups in total. The van der Waals surface area contributed by atoms with Crippen LogP contribution in [-0.2, 0) is 20.7 Å². The second-order valence-electron chi connectivity index (χ2n) is 10.3. The number of carbonyl (C=O) groups is 3. The van der Waals surface area contributed by atoms with Gasteiger partial charge < -0.3 is 25.4 Å². The molecule has 0 saturated carbocycles. The van der Waals surface area contributed by atoms with Gasteiger partial charge in [0.1, 0.15) is 23.4 Å².